The molecule has 1 aromatic carbocycles. The van der Waals surface area contributed by atoms with Crippen molar-refractivity contribution in [1.29, 1.82) is 0 Å². The molecule has 0 spiro atoms. The summed E-state index contributed by atoms with van der Waals surface area (Å²) in [4.78, 5) is 4.39. The molecule has 0 atom stereocenters. The van der Waals surface area contributed by atoms with E-state index < -0.39 is 0 Å². The fourth-order valence-corrected chi connectivity index (χ4v) is 2.38. The lowest BCUT2D eigenvalue weighted by atomic mass is 10.1. The Labute approximate surface area is 118 Å². The van der Waals surface area contributed by atoms with Crippen LogP contribution in [-0.2, 0) is 6.54 Å². The van der Waals surface area contributed by atoms with Gasteiger partial charge >= 0.3 is 0 Å². The summed E-state index contributed by atoms with van der Waals surface area (Å²) in [5.41, 5.74) is 1.87. The first-order valence-electron chi connectivity index (χ1n) is 5.44. The molecule has 3 aromatic rings. The zero-order valence-corrected chi connectivity index (χ0v) is 11.7. The van der Waals surface area contributed by atoms with E-state index in [4.69, 9.17) is 11.6 Å². The molecule has 0 amide bonds. The third-order valence-corrected chi connectivity index (χ3v) is 3.42. The van der Waals surface area contributed by atoms with Crippen molar-refractivity contribution in [1.82, 2.24) is 14.8 Å². The van der Waals surface area contributed by atoms with Gasteiger partial charge in [0.2, 0.25) is 0 Å². The highest BCUT2D eigenvalue weighted by Crippen LogP contribution is 2.21. The third kappa shape index (κ3) is 2.26. The molecule has 90 valence electrons. The molecule has 0 aliphatic heterocycles. The Morgan fingerprint density at radius 1 is 1.28 bits per heavy atom. The molecule has 0 saturated carbocycles. The van der Waals surface area contributed by atoms with Crippen molar-refractivity contribution in [3.63, 3.8) is 0 Å². The summed E-state index contributed by atoms with van der Waals surface area (Å²) in [6, 6.07) is 9.99. The molecular weight excluding hydrogens is 314 g/mol. The number of hydrogen-bond acceptors (Lipinski definition) is 2. The molecule has 0 unspecified atom stereocenters. The second-order valence-electron chi connectivity index (χ2n) is 3.99. The van der Waals surface area contributed by atoms with Crippen LogP contribution in [0.4, 0.5) is 0 Å². The number of benzene rings is 1. The largest absolute Gasteiger partial charge is 0.267 e. The van der Waals surface area contributed by atoms with Crippen LogP contribution in [0.2, 0.25) is 5.15 Å². The Hall–Kier alpha value is -1.39. The highest BCUT2D eigenvalue weighted by atomic mass is 79.9. The maximum atomic E-state index is 6.20. The van der Waals surface area contributed by atoms with Crippen molar-refractivity contribution >= 4 is 38.4 Å². The minimum absolute atomic E-state index is 0.528. The molecule has 0 aliphatic carbocycles. The molecule has 2 heterocycles. The number of aromatic nitrogens is 3. The van der Waals surface area contributed by atoms with Gasteiger partial charge in [0, 0.05) is 17.1 Å². The van der Waals surface area contributed by atoms with Gasteiger partial charge in [-0.3, -0.25) is 4.68 Å². The number of pyridine rings is 1. The summed E-state index contributed by atoms with van der Waals surface area (Å²) >= 11 is 9.57. The van der Waals surface area contributed by atoms with Crippen molar-refractivity contribution in [3.8, 4) is 0 Å². The van der Waals surface area contributed by atoms with Gasteiger partial charge in [-0.1, -0.05) is 29.8 Å². The van der Waals surface area contributed by atoms with Crippen LogP contribution < -0.4 is 0 Å². The van der Waals surface area contributed by atoms with Gasteiger partial charge in [0.25, 0.3) is 0 Å². The smallest absolute Gasteiger partial charge is 0.134 e. The number of para-hydroxylation sites is 1. The monoisotopic (exact) mass is 321 g/mol. The first kappa shape index (κ1) is 11.7. The molecule has 0 N–H and O–H groups in total. The third-order valence-electron chi connectivity index (χ3n) is 2.68. The van der Waals surface area contributed by atoms with Gasteiger partial charge in [0.1, 0.15) is 5.15 Å². The van der Waals surface area contributed by atoms with Gasteiger partial charge < -0.3 is 0 Å². The van der Waals surface area contributed by atoms with E-state index in [1.54, 1.807) is 6.20 Å². The van der Waals surface area contributed by atoms with Gasteiger partial charge in [-0.15, -0.1) is 0 Å². The topological polar surface area (TPSA) is 30.7 Å². The molecule has 18 heavy (non-hydrogen) atoms. The van der Waals surface area contributed by atoms with Crippen molar-refractivity contribution < 1.29 is 0 Å². The van der Waals surface area contributed by atoms with Crippen LogP contribution in [0, 0.1) is 0 Å². The fourth-order valence-electron chi connectivity index (χ4n) is 1.85. The summed E-state index contributed by atoms with van der Waals surface area (Å²) in [6.07, 6.45) is 3.66. The summed E-state index contributed by atoms with van der Waals surface area (Å²) in [6.45, 7) is 0.613. The van der Waals surface area contributed by atoms with Crippen molar-refractivity contribution in [2.75, 3.05) is 0 Å². The van der Waals surface area contributed by atoms with E-state index in [-0.39, 0.29) is 0 Å². The minimum atomic E-state index is 0.528. The van der Waals surface area contributed by atoms with Crippen LogP contribution in [0.15, 0.2) is 47.2 Å². The summed E-state index contributed by atoms with van der Waals surface area (Å²) in [5, 5.41) is 5.83. The number of halogens is 2. The lowest BCUT2D eigenvalue weighted by Gasteiger charge is -2.06. The second-order valence-corrected chi connectivity index (χ2v) is 5.26. The van der Waals surface area contributed by atoms with E-state index >= 15 is 0 Å². The minimum Gasteiger partial charge on any atom is -0.267 e. The first-order valence-corrected chi connectivity index (χ1v) is 6.61. The summed E-state index contributed by atoms with van der Waals surface area (Å²) < 4.78 is 2.77. The van der Waals surface area contributed by atoms with E-state index in [0.717, 1.165) is 20.9 Å². The average molecular weight is 323 g/mol. The second kappa shape index (κ2) is 4.71. The number of rotatable bonds is 2. The lowest BCUT2D eigenvalue weighted by molar-refractivity contribution is 0.685. The molecule has 0 bridgehead atoms. The predicted octanol–water partition coefficient (Wildman–Crippen LogP) is 3.90. The fraction of sp³-hybridized carbons (Fsp3) is 0.0769. The Morgan fingerprint density at radius 3 is 2.89 bits per heavy atom. The molecule has 0 fully saturated rings. The van der Waals surface area contributed by atoms with Crippen molar-refractivity contribution in [2.45, 2.75) is 6.54 Å². The Bertz CT molecular complexity index is 708. The van der Waals surface area contributed by atoms with E-state index in [0.29, 0.717) is 11.7 Å². The van der Waals surface area contributed by atoms with Crippen LogP contribution in [-0.4, -0.2) is 14.8 Å². The Morgan fingerprint density at radius 2 is 2.11 bits per heavy atom. The zero-order valence-electron chi connectivity index (χ0n) is 9.35. The van der Waals surface area contributed by atoms with E-state index in [9.17, 15) is 0 Å². The normalized spacial score (nSPS) is 11.0. The van der Waals surface area contributed by atoms with Crippen LogP contribution in [0.5, 0.6) is 0 Å². The zero-order chi connectivity index (χ0) is 12.5. The number of nitrogens with zero attached hydrogens (tertiary/aromatic N) is 3. The summed E-state index contributed by atoms with van der Waals surface area (Å²) in [7, 11) is 0. The van der Waals surface area contributed by atoms with E-state index in [1.807, 2.05) is 35.1 Å². The highest BCUT2D eigenvalue weighted by Gasteiger charge is 2.06. The maximum Gasteiger partial charge on any atom is 0.134 e. The molecule has 2 aromatic heterocycles. The average Bonchev–Trinajstić information content (AvgIpc) is 2.76. The van der Waals surface area contributed by atoms with Crippen LogP contribution >= 0.6 is 27.5 Å². The maximum absolute atomic E-state index is 6.20. The molecule has 0 radical (unpaired) electrons. The van der Waals surface area contributed by atoms with Gasteiger partial charge in [0.15, 0.2) is 0 Å². The Kier molecular flexibility index (Phi) is 3.06. The predicted molar refractivity (Wildman–Crippen MR) is 75.8 cm³/mol. The summed E-state index contributed by atoms with van der Waals surface area (Å²) in [5.74, 6) is 0. The highest BCUT2D eigenvalue weighted by molar-refractivity contribution is 9.10. The van der Waals surface area contributed by atoms with Crippen molar-refractivity contribution in [2.24, 2.45) is 0 Å². The lowest BCUT2D eigenvalue weighted by Crippen LogP contribution is -2.01. The molecule has 3 rings (SSSR count). The standard InChI is InChI=1S/C13H9BrClN3/c14-11-6-16-18(8-11)7-10-5-9-3-1-2-4-12(9)17-13(10)15/h1-6,8H,7H2. The Balaban J connectivity index is 2.03. The quantitative estimate of drug-likeness (QED) is 0.670. The number of hydrogen-bond donors (Lipinski definition) is 0. The van der Waals surface area contributed by atoms with Crippen LogP contribution in [0.3, 0.4) is 0 Å². The van der Waals surface area contributed by atoms with Gasteiger partial charge in [-0.25, -0.2) is 4.98 Å². The molecule has 3 nitrogen and oxygen atoms in total. The molecule has 0 saturated heterocycles. The molecular formula is C13H9BrClN3. The SMILES string of the molecule is Clc1nc2ccccc2cc1Cn1cc(Br)cn1. The van der Waals surface area contributed by atoms with Crippen LogP contribution in [0.1, 0.15) is 5.56 Å². The van der Waals surface area contributed by atoms with Crippen molar-refractivity contribution in [3.05, 3.63) is 57.9 Å². The number of fused-ring (bicyclic) bond motifs is 1. The van der Waals surface area contributed by atoms with E-state index in [1.165, 1.54) is 0 Å². The van der Waals surface area contributed by atoms with Gasteiger partial charge in [-0.05, 0) is 28.1 Å². The molecule has 0 aliphatic rings. The molecule has 5 heteroatoms. The van der Waals surface area contributed by atoms with Gasteiger partial charge in [-0.2, -0.15) is 5.10 Å². The van der Waals surface area contributed by atoms with Crippen LogP contribution in [0.25, 0.3) is 10.9 Å². The first-order chi connectivity index (χ1) is 8.72. The van der Waals surface area contributed by atoms with E-state index in [2.05, 4.69) is 32.1 Å². The van der Waals surface area contributed by atoms with Gasteiger partial charge in [0.05, 0.1) is 22.7 Å².